The molecule has 0 aliphatic heterocycles. The van der Waals surface area contributed by atoms with Crippen molar-refractivity contribution in [2.75, 3.05) is 24.3 Å². The number of anilines is 2. The van der Waals surface area contributed by atoms with E-state index in [1.807, 2.05) is 43.3 Å². The van der Waals surface area contributed by atoms with E-state index < -0.39 is 11.7 Å². The lowest BCUT2D eigenvalue weighted by molar-refractivity contribution is -0.137. The van der Waals surface area contributed by atoms with Gasteiger partial charge in [-0.15, -0.1) is 0 Å². The quantitative estimate of drug-likeness (QED) is 0.881. The number of nitrogens with zero attached hydrogens (tertiary/aromatic N) is 1. The number of carbonyl (C=O) groups is 1. The Labute approximate surface area is 144 Å². The third-order valence-electron chi connectivity index (χ3n) is 4.44. The maximum atomic E-state index is 12.6. The van der Waals surface area contributed by atoms with Crippen molar-refractivity contribution in [3.05, 3.63) is 59.7 Å². The highest BCUT2D eigenvalue weighted by Gasteiger charge is 2.44. The van der Waals surface area contributed by atoms with E-state index in [9.17, 15) is 18.0 Å². The van der Waals surface area contributed by atoms with Crippen molar-refractivity contribution in [1.29, 1.82) is 0 Å². The van der Waals surface area contributed by atoms with Crippen molar-refractivity contribution in [1.82, 2.24) is 0 Å². The molecule has 132 valence electrons. The number of amides is 1. The molecule has 1 N–H and O–H groups in total. The average Bonchev–Trinajstić information content (AvgIpc) is 3.35. The molecule has 3 nitrogen and oxygen atoms in total. The first kappa shape index (κ1) is 17.3. The summed E-state index contributed by atoms with van der Waals surface area (Å²) in [6.45, 7) is 0. The lowest BCUT2D eigenvalue weighted by Gasteiger charge is -2.13. The van der Waals surface area contributed by atoms with Crippen molar-refractivity contribution < 1.29 is 18.0 Å². The van der Waals surface area contributed by atoms with Crippen molar-refractivity contribution in [2.24, 2.45) is 5.92 Å². The van der Waals surface area contributed by atoms with Crippen molar-refractivity contribution in [3.63, 3.8) is 0 Å². The minimum absolute atomic E-state index is 0.0108. The monoisotopic (exact) mass is 348 g/mol. The van der Waals surface area contributed by atoms with Crippen LogP contribution in [0.5, 0.6) is 0 Å². The molecule has 1 saturated carbocycles. The van der Waals surface area contributed by atoms with Crippen LogP contribution < -0.4 is 10.2 Å². The van der Waals surface area contributed by atoms with E-state index in [-0.39, 0.29) is 17.7 Å². The molecule has 1 aliphatic rings. The number of hydrogen-bond donors (Lipinski definition) is 1. The van der Waals surface area contributed by atoms with Gasteiger partial charge in [-0.1, -0.05) is 12.1 Å². The summed E-state index contributed by atoms with van der Waals surface area (Å²) in [5, 5.41) is 2.87. The van der Waals surface area contributed by atoms with Gasteiger partial charge in [0.25, 0.3) is 0 Å². The van der Waals surface area contributed by atoms with Gasteiger partial charge in [-0.3, -0.25) is 4.79 Å². The topological polar surface area (TPSA) is 32.3 Å². The Kier molecular flexibility index (Phi) is 4.45. The van der Waals surface area contributed by atoms with Crippen LogP contribution >= 0.6 is 0 Å². The molecule has 1 amide bonds. The average molecular weight is 348 g/mol. The predicted molar refractivity (Wildman–Crippen MR) is 91.7 cm³/mol. The number of carbonyl (C=O) groups excluding carboxylic acids is 1. The van der Waals surface area contributed by atoms with Crippen LogP contribution in [-0.2, 0) is 11.0 Å². The van der Waals surface area contributed by atoms with Crippen LogP contribution in [0.15, 0.2) is 48.5 Å². The van der Waals surface area contributed by atoms with Gasteiger partial charge in [0, 0.05) is 31.4 Å². The number of alkyl halides is 3. The maximum absolute atomic E-state index is 12.6. The molecule has 2 aromatic carbocycles. The van der Waals surface area contributed by atoms with Gasteiger partial charge in [0.2, 0.25) is 5.91 Å². The van der Waals surface area contributed by atoms with E-state index in [0.717, 1.165) is 23.4 Å². The summed E-state index contributed by atoms with van der Waals surface area (Å²) in [6, 6.07) is 12.6. The summed E-state index contributed by atoms with van der Waals surface area (Å²) in [5.74, 6) is -0.295. The number of benzene rings is 2. The third-order valence-corrected chi connectivity index (χ3v) is 4.44. The largest absolute Gasteiger partial charge is 0.416 e. The van der Waals surface area contributed by atoms with E-state index in [0.29, 0.717) is 12.1 Å². The summed E-state index contributed by atoms with van der Waals surface area (Å²) < 4.78 is 37.8. The molecule has 1 aliphatic carbocycles. The molecule has 0 saturated heterocycles. The van der Waals surface area contributed by atoms with Gasteiger partial charge >= 0.3 is 6.18 Å². The lowest BCUT2D eigenvalue weighted by Crippen LogP contribution is -2.15. The minimum atomic E-state index is -4.34. The zero-order valence-electron chi connectivity index (χ0n) is 14.0. The number of hydrogen-bond acceptors (Lipinski definition) is 2. The van der Waals surface area contributed by atoms with E-state index in [2.05, 4.69) is 5.32 Å². The van der Waals surface area contributed by atoms with Crippen LogP contribution in [0.2, 0.25) is 0 Å². The molecule has 0 spiro atoms. The fourth-order valence-electron chi connectivity index (χ4n) is 2.85. The molecule has 0 aromatic heterocycles. The smallest absolute Gasteiger partial charge is 0.378 e. The fraction of sp³-hybridized carbons (Fsp3) is 0.316. The van der Waals surface area contributed by atoms with Crippen LogP contribution in [0.1, 0.15) is 23.5 Å². The second-order valence-corrected chi connectivity index (χ2v) is 6.50. The Morgan fingerprint density at radius 2 is 1.64 bits per heavy atom. The van der Waals surface area contributed by atoms with E-state index in [1.165, 1.54) is 12.1 Å². The molecule has 2 aromatic rings. The lowest BCUT2D eigenvalue weighted by atomic mass is 10.1. The Morgan fingerprint density at radius 3 is 2.16 bits per heavy atom. The molecule has 1 fully saturated rings. The van der Waals surface area contributed by atoms with Crippen molar-refractivity contribution in [2.45, 2.75) is 18.5 Å². The second kappa shape index (κ2) is 6.43. The first-order valence-electron chi connectivity index (χ1n) is 8.01. The Morgan fingerprint density at radius 1 is 1.04 bits per heavy atom. The summed E-state index contributed by atoms with van der Waals surface area (Å²) >= 11 is 0. The van der Waals surface area contributed by atoms with Gasteiger partial charge in [-0.2, -0.15) is 13.2 Å². The summed E-state index contributed by atoms with van der Waals surface area (Å²) in [6.07, 6.45) is -3.68. The summed E-state index contributed by atoms with van der Waals surface area (Å²) in [4.78, 5) is 14.3. The van der Waals surface area contributed by atoms with E-state index >= 15 is 0 Å². The maximum Gasteiger partial charge on any atom is 0.416 e. The van der Waals surface area contributed by atoms with Gasteiger partial charge < -0.3 is 10.2 Å². The van der Waals surface area contributed by atoms with Crippen LogP contribution in [-0.4, -0.2) is 20.0 Å². The Hall–Kier alpha value is -2.50. The first-order valence-corrected chi connectivity index (χ1v) is 8.01. The van der Waals surface area contributed by atoms with Gasteiger partial charge in [0.15, 0.2) is 0 Å². The predicted octanol–water partition coefficient (Wildman–Crippen LogP) is 4.51. The van der Waals surface area contributed by atoms with Gasteiger partial charge in [-0.25, -0.2) is 0 Å². The number of rotatable bonds is 4. The Bertz CT molecular complexity index is 752. The highest BCUT2D eigenvalue weighted by atomic mass is 19.4. The molecule has 0 heterocycles. The number of halogens is 3. The van der Waals surface area contributed by atoms with Gasteiger partial charge in [0.05, 0.1) is 5.56 Å². The third kappa shape index (κ3) is 3.95. The van der Waals surface area contributed by atoms with E-state index in [4.69, 9.17) is 0 Å². The molecular weight excluding hydrogens is 329 g/mol. The highest BCUT2D eigenvalue weighted by Crippen LogP contribution is 2.48. The summed E-state index contributed by atoms with van der Waals surface area (Å²) in [7, 11) is 3.87. The number of nitrogens with one attached hydrogen (secondary N) is 1. The molecular formula is C19H19F3N2O. The summed E-state index contributed by atoms with van der Waals surface area (Å²) in [5.41, 5.74) is 1.86. The first-order chi connectivity index (χ1) is 11.8. The van der Waals surface area contributed by atoms with Crippen molar-refractivity contribution >= 4 is 17.3 Å². The normalized spacial score (nSPS) is 19.4. The van der Waals surface area contributed by atoms with E-state index in [1.54, 1.807) is 0 Å². The van der Waals surface area contributed by atoms with Crippen LogP contribution in [0, 0.1) is 5.92 Å². The molecule has 6 heteroatoms. The zero-order valence-corrected chi connectivity index (χ0v) is 14.0. The second-order valence-electron chi connectivity index (χ2n) is 6.50. The fourth-order valence-corrected chi connectivity index (χ4v) is 2.85. The van der Waals surface area contributed by atoms with Crippen LogP contribution in [0.4, 0.5) is 24.5 Å². The Balaban J connectivity index is 1.60. The molecule has 0 bridgehead atoms. The SMILES string of the molecule is CN(C)c1ccc(NC(=O)C2CC2c2ccc(C(F)(F)F)cc2)cc1. The molecule has 2 atom stereocenters. The standard InChI is InChI=1S/C19H19F3N2O/c1-24(2)15-9-7-14(8-10-15)23-18(25)17-11-16(17)12-3-5-13(6-4-12)19(20,21)22/h3-10,16-17H,11H2,1-2H3,(H,23,25). The minimum Gasteiger partial charge on any atom is -0.378 e. The molecule has 0 radical (unpaired) electrons. The van der Waals surface area contributed by atoms with Gasteiger partial charge in [-0.05, 0) is 54.3 Å². The van der Waals surface area contributed by atoms with Crippen LogP contribution in [0.3, 0.4) is 0 Å². The van der Waals surface area contributed by atoms with Gasteiger partial charge in [0.1, 0.15) is 0 Å². The molecule has 3 rings (SSSR count). The molecule has 2 unspecified atom stereocenters. The molecule has 25 heavy (non-hydrogen) atoms. The zero-order chi connectivity index (χ0) is 18.2. The van der Waals surface area contributed by atoms with Crippen LogP contribution in [0.25, 0.3) is 0 Å². The highest BCUT2D eigenvalue weighted by molar-refractivity contribution is 5.95. The van der Waals surface area contributed by atoms with Crippen molar-refractivity contribution in [3.8, 4) is 0 Å².